The van der Waals surface area contributed by atoms with Gasteiger partial charge in [-0.25, -0.2) is 0 Å². The van der Waals surface area contributed by atoms with Gasteiger partial charge in [-0.3, -0.25) is 4.79 Å². The predicted molar refractivity (Wildman–Crippen MR) is 56.7 cm³/mol. The molecule has 0 N–H and O–H groups in total. The second kappa shape index (κ2) is 10.8. The molecule has 0 saturated heterocycles. The molecule has 0 heterocycles. The second-order valence-electron chi connectivity index (χ2n) is 2.43. The lowest BCUT2D eigenvalue weighted by molar-refractivity contribution is -0.113. The van der Waals surface area contributed by atoms with Gasteiger partial charge < -0.3 is 4.74 Å². The molecule has 0 spiro atoms. The van der Waals surface area contributed by atoms with Crippen LogP contribution in [0.15, 0.2) is 36.5 Å². The largest absolute Gasteiger partial charge is 0.388 e. The highest BCUT2D eigenvalue weighted by molar-refractivity contribution is 5.92. The third-order valence-electron chi connectivity index (χ3n) is 1.15. The van der Waals surface area contributed by atoms with Crippen molar-refractivity contribution < 1.29 is 9.53 Å². The smallest absolute Gasteiger partial charge is 0.155 e. The molecule has 74 valence electrons. The van der Waals surface area contributed by atoms with Crippen molar-refractivity contribution in [2.75, 3.05) is 14.2 Å². The summed E-state index contributed by atoms with van der Waals surface area (Å²) in [7, 11) is 3.25. The van der Waals surface area contributed by atoms with Crippen molar-refractivity contribution in [2.45, 2.75) is 13.8 Å². The third-order valence-corrected chi connectivity index (χ3v) is 1.15. The Kier molecular flexibility index (Phi) is 12.0. The number of ketones is 1. The van der Waals surface area contributed by atoms with Crippen molar-refractivity contribution in [3.63, 3.8) is 0 Å². The Balaban J connectivity index is 0. The first-order valence-electron chi connectivity index (χ1n) is 3.97. The number of hydrogen-bond donors (Lipinski definition) is 0. The number of allylic oxidation sites excluding steroid dienone is 5. The van der Waals surface area contributed by atoms with Gasteiger partial charge in [-0.05, 0) is 19.4 Å². The third kappa shape index (κ3) is 13.8. The summed E-state index contributed by atoms with van der Waals surface area (Å²) in [6.45, 7) is 6.84. The van der Waals surface area contributed by atoms with Crippen LogP contribution in [0.5, 0.6) is 0 Å². The van der Waals surface area contributed by atoms with Gasteiger partial charge in [0.05, 0.1) is 0 Å². The Labute approximate surface area is 80.6 Å². The minimum Gasteiger partial charge on any atom is -0.388 e. The lowest BCUT2D eigenvalue weighted by atomic mass is 10.2. The number of hydrogen-bond acceptors (Lipinski definition) is 2. The van der Waals surface area contributed by atoms with Crippen LogP contribution in [0, 0.1) is 0 Å². The van der Waals surface area contributed by atoms with E-state index in [1.54, 1.807) is 52.4 Å². The molecule has 0 aromatic heterocycles. The number of rotatable bonds is 3. The maximum Gasteiger partial charge on any atom is 0.155 e. The van der Waals surface area contributed by atoms with E-state index in [1.807, 2.05) is 0 Å². The molecular weight excluding hydrogens is 164 g/mol. The van der Waals surface area contributed by atoms with E-state index in [2.05, 4.69) is 11.3 Å². The number of Topliss-reactive ketones (excluding diaryl/α,β-unsaturated/α-hetero) is 1. The molecule has 13 heavy (non-hydrogen) atoms. The molecule has 0 fully saturated rings. The zero-order valence-electron chi connectivity index (χ0n) is 8.83. The average molecular weight is 182 g/mol. The Morgan fingerprint density at radius 3 is 2.00 bits per heavy atom. The van der Waals surface area contributed by atoms with Crippen molar-refractivity contribution in [3.8, 4) is 0 Å². The number of ether oxygens (including phenoxy) is 1. The molecule has 0 unspecified atom stereocenters. The zero-order valence-corrected chi connectivity index (χ0v) is 8.83. The molecule has 0 aromatic rings. The van der Waals surface area contributed by atoms with Gasteiger partial charge in [0.1, 0.15) is 0 Å². The Morgan fingerprint density at radius 1 is 1.23 bits per heavy atom. The van der Waals surface area contributed by atoms with Gasteiger partial charge in [-0.1, -0.05) is 30.9 Å². The van der Waals surface area contributed by atoms with Crippen LogP contribution in [-0.2, 0) is 9.53 Å². The van der Waals surface area contributed by atoms with E-state index in [0.717, 1.165) is 5.57 Å². The molecule has 0 radical (unpaired) electrons. The van der Waals surface area contributed by atoms with Crippen LogP contribution in [0.4, 0.5) is 0 Å². The fourth-order valence-electron chi connectivity index (χ4n) is 0.396. The van der Waals surface area contributed by atoms with E-state index in [9.17, 15) is 4.79 Å². The molecule has 2 heteroatoms. The summed E-state index contributed by atoms with van der Waals surface area (Å²) in [5.41, 5.74) is 0.762. The maximum atomic E-state index is 10.6. The molecule has 0 saturated carbocycles. The van der Waals surface area contributed by atoms with Crippen LogP contribution in [0.1, 0.15) is 13.8 Å². The quantitative estimate of drug-likeness (QED) is 0.495. The van der Waals surface area contributed by atoms with E-state index in [4.69, 9.17) is 0 Å². The minimum atomic E-state index is 0.105. The summed E-state index contributed by atoms with van der Waals surface area (Å²) in [6.07, 6.45) is 7.02. The molecule has 0 rings (SSSR count). The summed E-state index contributed by atoms with van der Waals surface area (Å²) < 4.78 is 4.25. The molecule has 0 aromatic carbocycles. The monoisotopic (exact) mass is 182 g/mol. The van der Waals surface area contributed by atoms with E-state index in [0.29, 0.717) is 0 Å². The van der Waals surface area contributed by atoms with Gasteiger partial charge >= 0.3 is 0 Å². The Morgan fingerprint density at radius 2 is 1.69 bits per heavy atom. The number of carbonyl (C=O) groups is 1. The molecule has 0 atom stereocenters. The number of carbonyl (C=O) groups excluding carboxylic acids is 1. The Hall–Kier alpha value is -1.15. The van der Waals surface area contributed by atoms with E-state index in [-0.39, 0.29) is 5.78 Å². The lowest BCUT2D eigenvalue weighted by Crippen LogP contribution is -1.89. The Bertz CT molecular complexity index is 200. The highest BCUT2D eigenvalue weighted by Gasteiger charge is 1.90. The molecule has 2 nitrogen and oxygen atoms in total. The van der Waals surface area contributed by atoms with Crippen molar-refractivity contribution in [1.82, 2.24) is 0 Å². The SMILES string of the molecule is C=C/C=C\C=C(/C)C(C)=O.COC. The fourth-order valence-corrected chi connectivity index (χ4v) is 0.396. The van der Waals surface area contributed by atoms with Gasteiger partial charge in [0.2, 0.25) is 0 Å². The first-order valence-corrected chi connectivity index (χ1v) is 3.97. The molecule has 0 aliphatic carbocycles. The topological polar surface area (TPSA) is 26.3 Å². The molecule has 0 aliphatic rings. The molecule has 0 amide bonds. The van der Waals surface area contributed by atoms with Crippen molar-refractivity contribution >= 4 is 5.78 Å². The number of methoxy groups -OCH3 is 1. The van der Waals surface area contributed by atoms with Crippen molar-refractivity contribution in [2.24, 2.45) is 0 Å². The van der Waals surface area contributed by atoms with Gasteiger partial charge in [0.25, 0.3) is 0 Å². The molecular formula is C11H18O2. The average Bonchev–Trinajstić information content (AvgIpc) is 2.06. The summed E-state index contributed by atoms with van der Waals surface area (Å²) in [5.74, 6) is 0.105. The summed E-state index contributed by atoms with van der Waals surface area (Å²) >= 11 is 0. The predicted octanol–water partition coefficient (Wildman–Crippen LogP) is 2.53. The first-order chi connectivity index (χ1) is 6.09. The summed E-state index contributed by atoms with van der Waals surface area (Å²) in [6, 6.07) is 0. The van der Waals surface area contributed by atoms with Gasteiger partial charge in [0, 0.05) is 14.2 Å². The van der Waals surface area contributed by atoms with E-state index >= 15 is 0 Å². The zero-order chi connectivity index (χ0) is 10.7. The van der Waals surface area contributed by atoms with Gasteiger partial charge in [-0.2, -0.15) is 0 Å². The van der Waals surface area contributed by atoms with Crippen LogP contribution < -0.4 is 0 Å². The molecule has 0 bridgehead atoms. The van der Waals surface area contributed by atoms with E-state index in [1.165, 1.54) is 0 Å². The fraction of sp³-hybridized carbons (Fsp3) is 0.364. The van der Waals surface area contributed by atoms with Crippen LogP contribution in [0.25, 0.3) is 0 Å². The standard InChI is InChI=1S/C9H12O.C2H6O/c1-4-5-6-7-8(2)9(3)10;1-3-2/h4-7H,1H2,2-3H3;1-2H3/b6-5-,8-7+;. The maximum absolute atomic E-state index is 10.6. The van der Waals surface area contributed by atoms with E-state index < -0.39 is 0 Å². The van der Waals surface area contributed by atoms with Gasteiger partial charge in [0.15, 0.2) is 5.78 Å². The normalized spacial score (nSPS) is 10.6. The summed E-state index contributed by atoms with van der Waals surface area (Å²) in [5, 5.41) is 0. The minimum absolute atomic E-state index is 0.105. The lowest BCUT2D eigenvalue weighted by Gasteiger charge is -1.87. The molecule has 0 aliphatic heterocycles. The van der Waals surface area contributed by atoms with Crippen molar-refractivity contribution in [1.29, 1.82) is 0 Å². The van der Waals surface area contributed by atoms with Crippen LogP contribution in [0.2, 0.25) is 0 Å². The second-order valence-corrected chi connectivity index (χ2v) is 2.43. The summed E-state index contributed by atoms with van der Waals surface area (Å²) in [4.78, 5) is 10.6. The highest BCUT2D eigenvalue weighted by atomic mass is 16.4. The van der Waals surface area contributed by atoms with Crippen LogP contribution in [-0.4, -0.2) is 20.0 Å². The van der Waals surface area contributed by atoms with Crippen LogP contribution in [0.3, 0.4) is 0 Å². The highest BCUT2D eigenvalue weighted by Crippen LogP contribution is 1.93. The van der Waals surface area contributed by atoms with Crippen LogP contribution >= 0.6 is 0 Å². The first kappa shape index (κ1) is 14.4. The van der Waals surface area contributed by atoms with Gasteiger partial charge in [-0.15, -0.1) is 0 Å². The van der Waals surface area contributed by atoms with Crippen molar-refractivity contribution in [3.05, 3.63) is 36.5 Å².